The first kappa shape index (κ1) is 14.8. The summed E-state index contributed by atoms with van der Waals surface area (Å²) in [5, 5.41) is 12.4. The minimum Gasteiger partial charge on any atom is -0.478 e. The van der Waals surface area contributed by atoms with Crippen molar-refractivity contribution in [2.75, 3.05) is 6.54 Å². The number of benzene rings is 2. The molecule has 0 saturated carbocycles. The molecule has 0 aliphatic carbocycles. The molecule has 3 nitrogen and oxygen atoms in total. The van der Waals surface area contributed by atoms with Crippen molar-refractivity contribution in [1.82, 2.24) is 5.32 Å². The van der Waals surface area contributed by atoms with E-state index in [0.717, 1.165) is 23.1 Å². The van der Waals surface area contributed by atoms with E-state index in [1.165, 1.54) is 5.56 Å². The lowest BCUT2D eigenvalue weighted by Crippen LogP contribution is -2.17. The van der Waals surface area contributed by atoms with Gasteiger partial charge in [0.25, 0.3) is 0 Å². The Morgan fingerprint density at radius 1 is 1.10 bits per heavy atom. The van der Waals surface area contributed by atoms with Crippen molar-refractivity contribution in [2.24, 2.45) is 0 Å². The highest BCUT2D eigenvalue weighted by Gasteiger charge is 2.07. The van der Waals surface area contributed by atoms with Crippen LogP contribution in [-0.4, -0.2) is 17.6 Å². The smallest absolute Gasteiger partial charge is 0.335 e. The van der Waals surface area contributed by atoms with Crippen molar-refractivity contribution in [3.63, 3.8) is 0 Å². The number of carboxylic acids is 1. The van der Waals surface area contributed by atoms with E-state index in [1.807, 2.05) is 24.3 Å². The number of halogens is 1. The third-order valence-corrected chi connectivity index (χ3v) is 3.59. The van der Waals surface area contributed by atoms with Crippen molar-refractivity contribution in [3.05, 3.63) is 69.7 Å². The van der Waals surface area contributed by atoms with Crippen LogP contribution in [0.25, 0.3) is 0 Å². The predicted octanol–water partition coefficient (Wildman–Crippen LogP) is 3.48. The molecule has 0 atom stereocenters. The molecule has 2 N–H and O–H groups in total. The molecule has 0 heterocycles. The molecule has 0 aliphatic rings. The van der Waals surface area contributed by atoms with Crippen LogP contribution < -0.4 is 5.32 Å². The third-order valence-electron chi connectivity index (χ3n) is 3.06. The van der Waals surface area contributed by atoms with Crippen LogP contribution in [0.15, 0.2) is 53.0 Å². The molecule has 0 saturated heterocycles. The van der Waals surface area contributed by atoms with Gasteiger partial charge in [0.2, 0.25) is 0 Å². The van der Waals surface area contributed by atoms with E-state index in [9.17, 15) is 4.79 Å². The van der Waals surface area contributed by atoms with Crippen LogP contribution >= 0.6 is 15.9 Å². The fraction of sp³-hybridized carbons (Fsp3) is 0.188. The van der Waals surface area contributed by atoms with Gasteiger partial charge in [-0.1, -0.05) is 46.3 Å². The predicted molar refractivity (Wildman–Crippen MR) is 83.0 cm³/mol. The Kier molecular flexibility index (Phi) is 5.32. The fourth-order valence-corrected chi connectivity index (χ4v) is 2.27. The Bertz CT molecular complexity index is 581. The molecule has 0 aromatic heterocycles. The summed E-state index contributed by atoms with van der Waals surface area (Å²) in [5.74, 6) is -0.867. The Hall–Kier alpha value is -1.65. The summed E-state index contributed by atoms with van der Waals surface area (Å²) in [6, 6.07) is 15.3. The average Bonchev–Trinajstić information content (AvgIpc) is 2.46. The van der Waals surface area contributed by atoms with Crippen LogP contribution in [0.4, 0.5) is 0 Å². The third kappa shape index (κ3) is 4.18. The number of nitrogens with one attached hydrogen (secondary N) is 1. The van der Waals surface area contributed by atoms with E-state index in [1.54, 1.807) is 12.1 Å². The highest BCUT2D eigenvalue weighted by atomic mass is 79.9. The van der Waals surface area contributed by atoms with Gasteiger partial charge in [0.05, 0.1) is 5.56 Å². The first-order valence-corrected chi connectivity index (χ1v) is 7.22. The largest absolute Gasteiger partial charge is 0.478 e. The fourth-order valence-electron chi connectivity index (χ4n) is 2.00. The van der Waals surface area contributed by atoms with Crippen molar-refractivity contribution in [2.45, 2.75) is 13.0 Å². The maximum absolute atomic E-state index is 11.1. The monoisotopic (exact) mass is 333 g/mol. The van der Waals surface area contributed by atoms with Gasteiger partial charge >= 0.3 is 5.97 Å². The number of carbonyl (C=O) groups is 1. The average molecular weight is 334 g/mol. The molecule has 0 amide bonds. The SMILES string of the molecule is O=C(O)c1ccccc1CCNCc1ccc(Br)cc1. The molecule has 0 radical (unpaired) electrons. The molecule has 0 bridgehead atoms. The first-order chi connectivity index (χ1) is 9.66. The summed E-state index contributed by atoms with van der Waals surface area (Å²) in [6.45, 7) is 1.53. The maximum atomic E-state index is 11.1. The molecule has 2 aromatic rings. The van der Waals surface area contributed by atoms with Gasteiger partial charge in [-0.3, -0.25) is 0 Å². The second-order valence-corrected chi connectivity index (χ2v) is 5.43. The second kappa shape index (κ2) is 7.22. The van der Waals surface area contributed by atoms with Gasteiger partial charge < -0.3 is 10.4 Å². The standard InChI is InChI=1S/C16H16BrNO2/c17-14-7-5-12(6-8-14)11-18-10-9-13-3-1-2-4-15(13)16(19)20/h1-8,18H,9-11H2,(H,19,20). The van der Waals surface area contributed by atoms with Gasteiger partial charge in [-0.15, -0.1) is 0 Å². The van der Waals surface area contributed by atoms with E-state index in [4.69, 9.17) is 5.11 Å². The van der Waals surface area contributed by atoms with E-state index in [0.29, 0.717) is 12.0 Å². The number of hydrogen-bond acceptors (Lipinski definition) is 2. The minimum atomic E-state index is -0.867. The summed E-state index contributed by atoms with van der Waals surface area (Å²) in [5.41, 5.74) is 2.46. The van der Waals surface area contributed by atoms with Gasteiger partial charge in [0, 0.05) is 11.0 Å². The summed E-state index contributed by atoms with van der Waals surface area (Å²) in [4.78, 5) is 11.1. The lowest BCUT2D eigenvalue weighted by Gasteiger charge is -2.07. The van der Waals surface area contributed by atoms with Gasteiger partial charge in [-0.25, -0.2) is 4.79 Å². The summed E-state index contributed by atoms with van der Waals surface area (Å²) in [6.07, 6.45) is 0.707. The molecule has 104 valence electrons. The van der Waals surface area contributed by atoms with Crippen molar-refractivity contribution >= 4 is 21.9 Å². The van der Waals surface area contributed by atoms with Crippen LogP contribution in [0.5, 0.6) is 0 Å². The highest BCUT2D eigenvalue weighted by molar-refractivity contribution is 9.10. The molecule has 0 spiro atoms. The maximum Gasteiger partial charge on any atom is 0.335 e. The quantitative estimate of drug-likeness (QED) is 0.795. The summed E-state index contributed by atoms with van der Waals surface area (Å²) in [7, 11) is 0. The number of carboxylic acid groups (broad SMARTS) is 1. The molecule has 20 heavy (non-hydrogen) atoms. The Labute approximate surface area is 126 Å². The van der Waals surface area contributed by atoms with Gasteiger partial charge in [-0.05, 0) is 42.3 Å². The van der Waals surface area contributed by atoms with E-state index in [2.05, 4.69) is 33.4 Å². The molecule has 0 fully saturated rings. The Morgan fingerprint density at radius 2 is 1.80 bits per heavy atom. The van der Waals surface area contributed by atoms with Crippen molar-refractivity contribution < 1.29 is 9.90 Å². The van der Waals surface area contributed by atoms with Crippen molar-refractivity contribution in [1.29, 1.82) is 0 Å². The van der Waals surface area contributed by atoms with Crippen LogP contribution in [0, 0.1) is 0 Å². The Morgan fingerprint density at radius 3 is 2.50 bits per heavy atom. The molecule has 0 unspecified atom stereocenters. The van der Waals surface area contributed by atoms with Gasteiger partial charge in [-0.2, -0.15) is 0 Å². The van der Waals surface area contributed by atoms with Crippen LogP contribution in [0.1, 0.15) is 21.5 Å². The molecule has 2 rings (SSSR count). The molecular formula is C16H16BrNO2. The summed E-state index contributed by atoms with van der Waals surface area (Å²) < 4.78 is 1.07. The number of hydrogen-bond donors (Lipinski definition) is 2. The number of aromatic carboxylic acids is 1. The van der Waals surface area contributed by atoms with E-state index in [-0.39, 0.29) is 0 Å². The normalized spacial score (nSPS) is 10.4. The Balaban J connectivity index is 1.84. The van der Waals surface area contributed by atoms with Gasteiger partial charge in [0.15, 0.2) is 0 Å². The summed E-state index contributed by atoms with van der Waals surface area (Å²) >= 11 is 3.40. The number of rotatable bonds is 6. The molecule has 0 aliphatic heterocycles. The first-order valence-electron chi connectivity index (χ1n) is 6.43. The minimum absolute atomic E-state index is 0.387. The van der Waals surface area contributed by atoms with Crippen LogP contribution in [0.3, 0.4) is 0 Å². The zero-order valence-corrected chi connectivity index (χ0v) is 12.6. The van der Waals surface area contributed by atoms with E-state index >= 15 is 0 Å². The lowest BCUT2D eigenvalue weighted by atomic mass is 10.0. The highest BCUT2D eigenvalue weighted by Crippen LogP contribution is 2.11. The van der Waals surface area contributed by atoms with Crippen LogP contribution in [0.2, 0.25) is 0 Å². The zero-order valence-electron chi connectivity index (χ0n) is 11.0. The van der Waals surface area contributed by atoms with Crippen LogP contribution in [-0.2, 0) is 13.0 Å². The second-order valence-electron chi connectivity index (χ2n) is 4.52. The topological polar surface area (TPSA) is 49.3 Å². The lowest BCUT2D eigenvalue weighted by molar-refractivity contribution is 0.0695. The molecule has 4 heteroatoms. The molecule has 2 aromatic carbocycles. The zero-order chi connectivity index (χ0) is 14.4. The molecular weight excluding hydrogens is 318 g/mol. The van der Waals surface area contributed by atoms with E-state index < -0.39 is 5.97 Å². The van der Waals surface area contributed by atoms with Crippen molar-refractivity contribution in [3.8, 4) is 0 Å². The van der Waals surface area contributed by atoms with Gasteiger partial charge in [0.1, 0.15) is 0 Å².